The SMILES string of the molecule is CC(NC(=O)NCCc1ccccc1)c1cccc2ccccc12. The quantitative estimate of drug-likeness (QED) is 0.717. The highest BCUT2D eigenvalue weighted by atomic mass is 16.2. The highest BCUT2D eigenvalue weighted by molar-refractivity contribution is 5.86. The first-order chi connectivity index (χ1) is 11.7. The molecule has 3 nitrogen and oxygen atoms in total. The molecule has 1 atom stereocenters. The largest absolute Gasteiger partial charge is 0.338 e. The van der Waals surface area contributed by atoms with Gasteiger partial charge in [-0.3, -0.25) is 0 Å². The Bertz CT molecular complexity index is 809. The van der Waals surface area contributed by atoms with Crippen LogP contribution in [0.3, 0.4) is 0 Å². The maximum atomic E-state index is 12.1. The summed E-state index contributed by atoms with van der Waals surface area (Å²) in [5, 5.41) is 8.32. The zero-order valence-electron chi connectivity index (χ0n) is 13.8. The molecular formula is C21H22N2O. The van der Waals surface area contributed by atoms with Crippen molar-refractivity contribution in [3.05, 3.63) is 83.9 Å². The van der Waals surface area contributed by atoms with Crippen molar-refractivity contribution in [1.29, 1.82) is 0 Å². The predicted octanol–water partition coefficient (Wildman–Crippen LogP) is 4.44. The molecule has 3 aromatic rings. The van der Waals surface area contributed by atoms with Crippen molar-refractivity contribution in [3.63, 3.8) is 0 Å². The van der Waals surface area contributed by atoms with Crippen molar-refractivity contribution in [2.45, 2.75) is 19.4 Å². The lowest BCUT2D eigenvalue weighted by Gasteiger charge is -2.17. The van der Waals surface area contributed by atoms with E-state index in [4.69, 9.17) is 0 Å². The van der Waals surface area contributed by atoms with Gasteiger partial charge < -0.3 is 10.6 Å². The summed E-state index contributed by atoms with van der Waals surface area (Å²) < 4.78 is 0. The molecule has 2 N–H and O–H groups in total. The standard InChI is InChI=1S/C21H22N2O/c1-16(19-13-7-11-18-10-5-6-12-20(18)19)23-21(24)22-15-14-17-8-3-2-4-9-17/h2-13,16H,14-15H2,1H3,(H2,22,23,24). The van der Waals surface area contributed by atoms with E-state index in [2.05, 4.69) is 47.0 Å². The first-order valence-corrected chi connectivity index (χ1v) is 8.30. The molecule has 0 aromatic heterocycles. The number of amides is 2. The van der Waals surface area contributed by atoms with Gasteiger partial charge in [0.15, 0.2) is 0 Å². The Morgan fingerprint density at radius 3 is 2.46 bits per heavy atom. The van der Waals surface area contributed by atoms with Crippen LogP contribution in [0.4, 0.5) is 4.79 Å². The van der Waals surface area contributed by atoms with E-state index in [9.17, 15) is 4.79 Å². The summed E-state index contributed by atoms with van der Waals surface area (Å²) in [5.41, 5.74) is 2.35. The maximum absolute atomic E-state index is 12.1. The van der Waals surface area contributed by atoms with Crippen LogP contribution < -0.4 is 10.6 Å². The van der Waals surface area contributed by atoms with Crippen LogP contribution in [-0.2, 0) is 6.42 Å². The van der Waals surface area contributed by atoms with Gasteiger partial charge in [0.05, 0.1) is 6.04 Å². The van der Waals surface area contributed by atoms with Crippen LogP contribution in [0.25, 0.3) is 10.8 Å². The van der Waals surface area contributed by atoms with Crippen molar-refractivity contribution in [2.24, 2.45) is 0 Å². The molecule has 0 radical (unpaired) electrons. The van der Waals surface area contributed by atoms with E-state index < -0.39 is 0 Å². The molecule has 0 spiro atoms. The molecule has 1 unspecified atom stereocenters. The first kappa shape index (κ1) is 16.1. The summed E-state index contributed by atoms with van der Waals surface area (Å²) in [5.74, 6) is 0. The van der Waals surface area contributed by atoms with E-state index in [1.54, 1.807) is 0 Å². The zero-order valence-corrected chi connectivity index (χ0v) is 13.8. The number of carbonyl (C=O) groups excluding carboxylic acids is 1. The molecule has 3 rings (SSSR count). The lowest BCUT2D eigenvalue weighted by Crippen LogP contribution is -2.38. The number of benzene rings is 3. The smallest absolute Gasteiger partial charge is 0.315 e. The maximum Gasteiger partial charge on any atom is 0.315 e. The van der Waals surface area contributed by atoms with Crippen molar-refractivity contribution in [1.82, 2.24) is 10.6 Å². The van der Waals surface area contributed by atoms with Crippen LogP contribution in [0.2, 0.25) is 0 Å². The highest BCUT2D eigenvalue weighted by Crippen LogP contribution is 2.23. The predicted molar refractivity (Wildman–Crippen MR) is 99.0 cm³/mol. The van der Waals surface area contributed by atoms with Crippen LogP contribution in [-0.4, -0.2) is 12.6 Å². The molecule has 0 saturated heterocycles. The van der Waals surface area contributed by atoms with Gasteiger partial charge in [-0.1, -0.05) is 72.8 Å². The number of fused-ring (bicyclic) bond motifs is 1. The minimum absolute atomic E-state index is 0.0483. The Hall–Kier alpha value is -2.81. The average molecular weight is 318 g/mol. The van der Waals surface area contributed by atoms with Crippen LogP contribution in [0.1, 0.15) is 24.1 Å². The van der Waals surface area contributed by atoms with E-state index in [1.807, 2.05) is 43.3 Å². The molecule has 0 aliphatic rings. The number of hydrogen-bond acceptors (Lipinski definition) is 1. The summed E-state index contributed by atoms with van der Waals surface area (Å²) in [7, 11) is 0. The second-order valence-corrected chi connectivity index (χ2v) is 5.93. The minimum Gasteiger partial charge on any atom is -0.338 e. The van der Waals surface area contributed by atoms with Gasteiger partial charge in [0, 0.05) is 6.54 Å². The molecule has 0 aliphatic heterocycles. The van der Waals surface area contributed by atoms with Gasteiger partial charge in [-0.05, 0) is 35.2 Å². The molecule has 24 heavy (non-hydrogen) atoms. The van der Waals surface area contributed by atoms with E-state index in [1.165, 1.54) is 16.3 Å². The Morgan fingerprint density at radius 2 is 1.62 bits per heavy atom. The molecule has 0 bridgehead atoms. The van der Waals surface area contributed by atoms with Gasteiger partial charge in [-0.15, -0.1) is 0 Å². The molecule has 122 valence electrons. The Labute approximate surface area is 142 Å². The van der Waals surface area contributed by atoms with Crippen molar-refractivity contribution < 1.29 is 4.79 Å². The van der Waals surface area contributed by atoms with Crippen molar-refractivity contribution in [3.8, 4) is 0 Å². The summed E-state index contributed by atoms with van der Waals surface area (Å²) in [6.45, 7) is 2.64. The van der Waals surface area contributed by atoms with Gasteiger partial charge in [-0.2, -0.15) is 0 Å². The summed E-state index contributed by atoms with van der Waals surface area (Å²) in [4.78, 5) is 12.1. The van der Waals surface area contributed by atoms with E-state index in [0.717, 1.165) is 12.0 Å². The fraction of sp³-hybridized carbons (Fsp3) is 0.190. The van der Waals surface area contributed by atoms with Gasteiger partial charge in [0.2, 0.25) is 0 Å². The second-order valence-electron chi connectivity index (χ2n) is 5.93. The fourth-order valence-electron chi connectivity index (χ4n) is 2.92. The number of carbonyl (C=O) groups is 1. The molecule has 0 saturated carbocycles. The number of rotatable bonds is 5. The zero-order chi connectivity index (χ0) is 16.8. The van der Waals surface area contributed by atoms with Crippen LogP contribution in [0, 0.1) is 0 Å². The molecule has 0 fully saturated rings. The van der Waals surface area contributed by atoms with Gasteiger partial charge in [0.1, 0.15) is 0 Å². The van der Waals surface area contributed by atoms with E-state index >= 15 is 0 Å². The van der Waals surface area contributed by atoms with Crippen LogP contribution in [0.5, 0.6) is 0 Å². The van der Waals surface area contributed by atoms with E-state index in [0.29, 0.717) is 6.54 Å². The monoisotopic (exact) mass is 318 g/mol. The number of urea groups is 1. The van der Waals surface area contributed by atoms with Crippen molar-refractivity contribution >= 4 is 16.8 Å². The number of hydrogen-bond donors (Lipinski definition) is 2. The second kappa shape index (κ2) is 7.64. The summed E-state index contributed by atoms with van der Waals surface area (Å²) in [6, 6.07) is 24.4. The third-order valence-electron chi connectivity index (χ3n) is 4.18. The number of nitrogens with one attached hydrogen (secondary N) is 2. The lowest BCUT2D eigenvalue weighted by molar-refractivity contribution is 0.238. The Morgan fingerprint density at radius 1 is 0.917 bits per heavy atom. The molecule has 3 heteroatoms. The van der Waals surface area contributed by atoms with Crippen molar-refractivity contribution in [2.75, 3.05) is 6.54 Å². The topological polar surface area (TPSA) is 41.1 Å². The van der Waals surface area contributed by atoms with Gasteiger partial charge >= 0.3 is 6.03 Å². The molecule has 2 amide bonds. The Balaban J connectivity index is 1.57. The molecular weight excluding hydrogens is 296 g/mol. The third-order valence-corrected chi connectivity index (χ3v) is 4.18. The lowest BCUT2D eigenvalue weighted by atomic mass is 10.00. The van der Waals surface area contributed by atoms with E-state index in [-0.39, 0.29) is 12.1 Å². The summed E-state index contributed by atoms with van der Waals surface area (Å²) >= 11 is 0. The highest BCUT2D eigenvalue weighted by Gasteiger charge is 2.11. The molecule has 0 heterocycles. The molecule has 3 aromatic carbocycles. The Kier molecular flexibility index (Phi) is 5.12. The minimum atomic E-state index is -0.133. The van der Waals surface area contributed by atoms with Crippen LogP contribution in [0.15, 0.2) is 72.8 Å². The average Bonchev–Trinajstić information content (AvgIpc) is 2.62. The van der Waals surface area contributed by atoms with Gasteiger partial charge in [0.25, 0.3) is 0 Å². The first-order valence-electron chi connectivity index (χ1n) is 8.30. The normalized spacial score (nSPS) is 11.9. The van der Waals surface area contributed by atoms with Gasteiger partial charge in [-0.25, -0.2) is 4.79 Å². The third kappa shape index (κ3) is 3.93. The fourth-order valence-corrected chi connectivity index (χ4v) is 2.92. The summed E-state index contributed by atoms with van der Waals surface area (Å²) in [6.07, 6.45) is 0.830. The molecule has 0 aliphatic carbocycles. The van der Waals surface area contributed by atoms with Crippen LogP contribution >= 0.6 is 0 Å².